The molecule has 1 atom stereocenters. The molecule has 0 saturated carbocycles. The van der Waals surface area contributed by atoms with Crippen molar-refractivity contribution in [2.45, 2.75) is 6.10 Å². The first-order valence-electron chi connectivity index (χ1n) is 6.00. The van der Waals surface area contributed by atoms with Gasteiger partial charge in [0.1, 0.15) is 6.10 Å². The Balaban J connectivity index is 2.19. The molecule has 0 bridgehead atoms. The molecular formula is C15H12N2O2. The van der Waals surface area contributed by atoms with E-state index in [1.54, 1.807) is 6.07 Å². The summed E-state index contributed by atoms with van der Waals surface area (Å²) in [6.45, 7) is -0.0648. The number of hydrogen-bond donors (Lipinski definition) is 2. The van der Waals surface area contributed by atoms with Gasteiger partial charge in [0, 0.05) is 10.9 Å². The number of aliphatic hydroxyl groups is 1. The monoisotopic (exact) mass is 252 g/mol. The number of hydrogen-bond acceptors (Lipinski definition) is 4. The van der Waals surface area contributed by atoms with Gasteiger partial charge in [0.25, 0.3) is 0 Å². The van der Waals surface area contributed by atoms with Crippen LogP contribution in [-0.2, 0) is 4.84 Å². The van der Waals surface area contributed by atoms with E-state index in [0.717, 1.165) is 22.0 Å². The first-order valence-corrected chi connectivity index (χ1v) is 6.00. The van der Waals surface area contributed by atoms with Gasteiger partial charge in [-0.15, -0.1) is 0 Å². The predicted octanol–water partition coefficient (Wildman–Crippen LogP) is 1.95. The summed E-state index contributed by atoms with van der Waals surface area (Å²) < 4.78 is 0. The first-order chi connectivity index (χ1) is 9.33. The fraction of sp³-hybridized carbons (Fsp3) is 0.133. The molecule has 1 unspecified atom stereocenters. The molecule has 3 rings (SSSR count). The van der Waals surface area contributed by atoms with E-state index in [1.165, 1.54) is 0 Å². The zero-order valence-electron chi connectivity index (χ0n) is 10.1. The number of hydroxylamine groups is 1. The standard InChI is InChI=1S/C15H12N2O2/c16-8-10-5-6-14(13-4-2-1-3-12(10)13)15-7-11(9-18)19-17-15/h1-7,11,17-18H,9H2. The fourth-order valence-electron chi connectivity index (χ4n) is 2.26. The van der Waals surface area contributed by atoms with Gasteiger partial charge in [-0.25, -0.2) is 0 Å². The van der Waals surface area contributed by atoms with Crippen LogP contribution in [0.25, 0.3) is 16.5 Å². The van der Waals surface area contributed by atoms with Crippen molar-refractivity contribution in [3.63, 3.8) is 0 Å². The molecule has 0 saturated heterocycles. The second kappa shape index (κ2) is 4.73. The summed E-state index contributed by atoms with van der Waals surface area (Å²) in [6, 6.07) is 13.6. The van der Waals surface area contributed by atoms with Crippen molar-refractivity contribution < 1.29 is 9.94 Å². The third-order valence-electron chi connectivity index (χ3n) is 3.19. The molecule has 0 spiro atoms. The van der Waals surface area contributed by atoms with E-state index in [0.29, 0.717) is 5.56 Å². The van der Waals surface area contributed by atoms with Gasteiger partial charge in [0.2, 0.25) is 0 Å². The van der Waals surface area contributed by atoms with Crippen molar-refractivity contribution in [2.75, 3.05) is 6.61 Å². The van der Waals surface area contributed by atoms with Gasteiger partial charge >= 0.3 is 0 Å². The van der Waals surface area contributed by atoms with Crippen LogP contribution in [0.15, 0.2) is 42.5 Å². The van der Waals surface area contributed by atoms with Gasteiger partial charge in [0.15, 0.2) is 0 Å². The summed E-state index contributed by atoms with van der Waals surface area (Å²) in [5.41, 5.74) is 5.25. The van der Waals surface area contributed by atoms with Crippen LogP contribution in [0.3, 0.4) is 0 Å². The summed E-state index contributed by atoms with van der Waals surface area (Å²) in [5.74, 6) is 0. The molecule has 0 aliphatic carbocycles. The first kappa shape index (κ1) is 11.7. The number of benzene rings is 2. The van der Waals surface area contributed by atoms with Crippen molar-refractivity contribution in [1.82, 2.24) is 5.48 Å². The Morgan fingerprint density at radius 1 is 1.21 bits per heavy atom. The number of nitrogens with one attached hydrogen (secondary N) is 1. The van der Waals surface area contributed by atoms with Crippen molar-refractivity contribution in [1.29, 1.82) is 5.26 Å². The number of nitriles is 1. The van der Waals surface area contributed by atoms with Gasteiger partial charge in [-0.2, -0.15) is 5.26 Å². The maximum absolute atomic E-state index is 9.13. The van der Waals surface area contributed by atoms with E-state index in [1.807, 2.05) is 36.4 Å². The average molecular weight is 252 g/mol. The highest BCUT2D eigenvalue weighted by atomic mass is 16.7. The maximum Gasteiger partial charge on any atom is 0.129 e. The Kier molecular flexibility index (Phi) is 2.92. The Labute approximate surface area is 110 Å². The lowest BCUT2D eigenvalue weighted by molar-refractivity contribution is 0.0173. The summed E-state index contributed by atoms with van der Waals surface area (Å²) >= 11 is 0. The molecule has 0 aromatic heterocycles. The maximum atomic E-state index is 9.13. The van der Waals surface area contributed by atoms with E-state index < -0.39 is 0 Å². The van der Waals surface area contributed by atoms with Gasteiger partial charge in [0.05, 0.1) is 23.9 Å². The average Bonchev–Trinajstić information content (AvgIpc) is 2.95. The second-order valence-electron chi connectivity index (χ2n) is 4.34. The summed E-state index contributed by atoms with van der Waals surface area (Å²) in [6.07, 6.45) is 1.51. The Hall–Kier alpha value is -2.35. The summed E-state index contributed by atoms with van der Waals surface area (Å²) in [5, 5.41) is 20.1. The SMILES string of the molecule is N#Cc1ccc(C2=CC(CO)ON2)c2ccccc12. The quantitative estimate of drug-likeness (QED) is 0.857. The molecule has 19 heavy (non-hydrogen) atoms. The van der Waals surface area contributed by atoms with Crippen LogP contribution in [0, 0.1) is 11.3 Å². The minimum atomic E-state index is -0.329. The van der Waals surface area contributed by atoms with Crippen molar-refractivity contribution in [3.05, 3.63) is 53.6 Å². The zero-order valence-corrected chi connectivity index (χ0v) is 10.1. The molecule has 0 amide bonds. The molecule has 1 aliphatic rings. The zero-order chi connectivity index (χ0) is 13.2. The molecule has 0 radical (unpaired) electrons. The van der Waals surface area contributed by atoms with E-state index >= 15 is 0 Å². The van der Waals surface area contributed by atoms with E-state index in [2.05, 4.69) is 11.5 Å². The highest BCUT2D eigenvalue weighted by Crippen LogP contribution is 2.28. The van der Waals surface area contributed by atoms with Gasteiger partial charge in [-0.3, -0.25) is 10.3 Å². The summed E-state index contributed by atoms with van der Waals surface area (Å²) in [4.78, 5) is 5.22. The minimum Gasteiger partial charge on any atom is -0.393 e. The molecule has 4 heteroatoms. The highest BCUT2D eigenvalue weighted by molar-refractivity contribution is 5.96. The van der Waals surface area contributed by atoms with E-state index in [9.17, 15) is 0 Å². The molecule has 1 heterocycles. The van der Waals surface area contributed by atoms with Gasteiger partial charge in [-0.1, -0.05) is 30.3 Å². The molecule has 94 valence electrons. The Bertz CT molecular complexity index is 701. The van der Waals surface area contributed by atoms with Crippen molar-refractivity contribution in [3.8, 4) is 6.07 Å². The molecule has 4 nitrogen and oxygen atoms in total. The normalized spacial score (nSPS) is 17.9. The molecular weight excluding hydrogens is 240 g/mol. The van der Waals surface area contributed by atoms with E-state index in [-0.39, 0.29) is 12.7 Å². The van der Waals surface area contributed by atoms with Gasteiger partial charge < -0.3 is 5.11 Å². The van der Waals surface area contributed by atoms with Crippen molar-refractivity contribution in [2.24, 2.45) is 0 Å². The number of fused-ring (bicyclic) bond motifs is 1. The van der Waals surface area contributed by atoms with Crippen molar-refractivity contribution >= 4 is 16.5 Å². The number of nitrogens with zero attached hydrogens (tertiary/aromatic N) is 1. The fourth-order valence-corrected chi connectivity index (χ4v) is 2.26. The highest BCUT2D eigenvalue weighted by Gasteiger charge is 2.18. The molecule has 2 N–H and O–H groups in total. The Morgan fingerprint density at radius 2 is 2.00 bits per heavy atom. The number of rotatable bonds is 2. The van der Waals surface area contributed by atoms with Crippen LogP contribution in [0.1, 0.15) is 11.1 Å². The Morgan fingerprint density at radius 3 is 2.68 bits per heavy atom. The van der Waals surface area contributed by atoms with Crippen LogP contribution in [0.4, 0.5) is 0 Å². The third-order valence-corrected chi connectivity index (χ3v) is 3.19. The lowest BCUT2D eigenvalue weighted by atomic mass is 9.98. The molecule has 0 fully saturated rings. The van der Waals surface area contributed by atoms with Crippen LogP contribution in [-0.4, -0.2) is 17.8 Å². The van der Waals surface area contributed by atoms with Crippen LogP contribution in [0.5, 0.6) is 0 Å². The molecule has 2 aromatic rings. The van der Waals surface area contributed by atoms with Crippen LogP contribution in [0.2, 0.25) is 0 Å². The molecule has 1 aliphatic heterocycles. The van der Waals surface area contributed by atoms with Crippen LogP contribution >= 0.6 is 0 Å². The molecule has 2 aromatic carbocycles. The third kappa shape index (κ3) is 1.95. The lowest BCUT2D eigenvalue weighted by Crippen LogP contribution is -2.15. The minimum absolute atomic E-state index is 0.0648. The topological polar surface area (TPSA) is 65.3 Å². The lowest BCUT2D eigenvalue weighted by Gasteiger charge is -2.09. The predicted molar refractivity (Wildman–Crippen MR) is 71.7 cm³/mol. The largest absolute Gasteiger partial charge is 0.393 e. The van der Waals surface area contributed by atoms with Gasteiger partial charge in [-0.05, 0) is 17.5 Å². The number of aliphatic hydroxyl groups excluding tert-OH is 1. The summed E-state index contributed by atoms with van der Waals surface area (Å²) in [7, 11) is 0. The van der Waals surface area contributed by atoms with E-state index in [4.69, 9.17) is 15.2 Å². The van der Waals surface area contributed by atoms with Crippen LogP contribution < -0.4 is 5.48 Å². The second-order valence-corrected chi connectivity index (χ2v) is 4.34. The smallest absolute Gasteiger partial charge is 0.129 e.